The molecule has 0 aliphatic heterocycles. The number of carbonyl (C=O) groups excluding carboxylic acids is 1. The van der Waals surface area contributed by atoms with Crippen LogP contribution in [0.1, 0.15) is 12.6 Å². The molecule has 4 rings (SSSR count). The Balaban J connectivity index is 1.78. The van der Waals surface area contributed by atoms with Gasteiger partial charge in [-0.2, -0.15) is 0 Å². The minimum atomic E-state index is -0.275. The number of aromatic nitrogens is 2. The number of fused-ring (bicyclic) bond motifs is 1. The Labute approximate surface area is 163 Å². The lowest BCUT2D eigenvalue weighted by atomic mass is 10.2. The van der Waals surface area contributed by atoms with E-state index in [1.54, 1.807) is 18.3 Å². The third kappa shape index (κ3) is 3.40. The molecule has 26 heavy (non-hydrogen) atoms. The van der Waals surface area contributed by atoms with Gasteiger partial charge in [0, 0.05) is 4.70 Å². The molecule has 0 bridgehead atoms. The van der Waals surface area contributed by atoms with Crippen molar-refractivity contribution in [1.82, 2.24) is 9.97 Å². The number of thiophene rings is 2. The smallest absolute Gasteiger partial charge is 0.311 e. The Hall–Kier alpha value is -2.15. The van der Waals surface area contributed by atoms with Gasteiger partial charge in [-0.3, -0.25) is 4.79 Å². The lowest BCUT2D eigenvalue weighted by Crippen LogP contribution is -2.08. The van der Waals surface area contributed by atoms with Crippen molar-refractivity contribution in [3.05, 3.63) is 52.5 Å². The standard InChI is InChI=1S/C19H15ClN2O2S2/c1-2-24-17(23)10-12-18(14-7-8-16(20)26-14)22-19(21-12)15-9-11-5-3-4-6-13(11)25-15/h3-9H,2,10H2,1H3,(H,21,22). The lowest BCUT2D eigenvalue weighted by Gasteiger charge is -2.01. The highest BCUT2D eigenvalue weighted by Gasteiger charge is 2.19. The van der Waals surface area contributed by atoms with E-state index >= 15 is 0 Å². The molecule has 0 aliphatic carbocycles. The van der Waals surface area contributed by atoms with E-state index < -0.39 is 0 Å². The van der Waals surface area contributed by atoms with Gasteiger partial charge < -0.3 is 9.72 Å². The average Bonchev–Trinajstić information content (AvgIpc) is 3.32. The predicted octanol–water partition coefficient (Wildman–Crippen LogP) is 5.78. The van der Waals surface area contributed by atoms with Crippen LogP contribution in [0.3, 0.4) is 0 Å². The Bertz CT molecular complexity index is 1050. The molecule has 4 aromatic rings. The SMILES string of the molecule is CCOC(=O)Cc1[nH]c(-c2cc3ccccc3s2)nc1-c1ccc(Cl)s1. The number of ether oxygens (including phenoxy) is 1. The van der Waals surface area contributed by atoms with Gasteiger partial charge in [-0.1, -0.05) is 29.8 Å². The van der Waals surface area contributed by atoms with Gasteiger partial charge in [0.05, 0.1) is 32.8 Å². The van der Waals surface area contributed by atoms with Gasteiger partial charge in [0.1, 0.15) is 11.5 Å². The molecule has 0 amide bonds. The summed E-state index contributed by atoms with van der Waals surface area (Å²) in [5.74, 6) is 0.480. The van der Waals surface area contributed by atoms with E-state index in [1.165, 1.54) is 21.4 Å². The van der Waals surface area contributed by atoms with E-state index in [4.69, 9.17) is 21.3 Å². The minimum absolute atomic E-state index is 0.149. The van der Waals surface area contributed by atoms with Gasteiger partial charge >= 0.3 is 5.97 Å². The van der Waals surface area contributed by atoms with Crippen LogP contribution in [0.15, 0.2) is 42.5 Å². The Morgan fingerprint density at radius 3 is 2.77 bits per heavy atom. The van der Waals surface area contributed by atoms with Crippen LogP contribution in [-0.4, -0.2) is 22.5 Å². The summed E-state index contributed by atoms with van der Waals surface area (Å²) in [6, 6.07) is 14.1. The average molecular weight is 403 g/mol. The number of esters is 1. The molecule has 0 saturated carbocycles. The fraction of sp³-hybridized carbons (Fsp3) is 0.158. The number of benzene rings is 1. The van der Waals surface area contributed by atoms with Crippen LogP contribution in [0, 0.1) is 0 Å². The van der Waals surface area contributed by atoms with E-state index in [2.05, 4.69) is 23.2 Å². The molecule has 1 N–H and O–H groups in total. The largest absolute Gasteiger partial charge is 0.466 e. The predicted molar refractivity (Wildman–Crippen MR) is 108 cm³/mol. The number of aromatic amines is 1. The molecule has 0 saturated heterocycles. The summed E-state index contributed by atoms with van der Waals surface area (Å²) in [5, 5.41) is 1.18. The van der Waals surface area contributed by atoms with Crippen molar-refractivity contribution in [2.75, 3.05) is 6.61 Å². The topological polar surface area (TPSA) is 55.0 Å². The molecule has 7 heteroatoms. The highest BCUT2D eigenvalue weighted by atomic mass is 35.5. The number of H-pyrrole nitrogens is 1. The van der Waals surface area contributed by atoms with Gasteiger partial charge in [-0.25, -0.2) is 4.98 Å². The van der Waals surface area contributed by atoms with Crippen LogP contribution < -0.4 is 0 Å². The molecule has 0 radical (unpaired) electrons. The van der Waals surface area contributed by atoms with Crippen LogP contribution in [0.5, 0.6) is 0 Å². The summed E-state index contributed by atoms with van der Waals surface area (Å²) in [5.41, 5.74) is 1.50. The summed E-state index contributed by atoms with van der Waals surface area (Å²) < 4.78 is 6.99. The van der Waals surface area contributed by atoms with E-state index in [0.717, 1.165) is 27.0 Å². The Morgan fingerprint density at radius 1 is 1.19 bits per heavy atom. The maximum absolute atomic E-state index is 12.0. The third-order valence-electron chi connectivity index (χ3n) is 3.87. The monoisotopic (exact) mass is 402 g/mol. The zero-order valence-corrected chi connectivity index (χ0v) is 16.3. The summed E-state index contributed by atoms with van der Waals surface area (Å²) in [4.78, 5) is 22.0. The fourth-order valence-corrected chi connectivity index (χ4v) is 4.82. The van der Waals surface area contributed by atoms with E-state index in [1.807, 2.05) is 24.3 Å². The number of carbonyl (C=O) groups is 1. The molecule has 1 aromatic carbocycles. The quantitative estimate of drug-likeness (QED) is 0.430. The number of hydrogen-bond acceptors (Lipinski definition) is 5. The number of halogens is 1. The molecule has 0 fully saturated rings. The molecule has 0 aliphatic rings. The maximum Gasteiger partial charge on any atom is 0.311 e. The molecular weight excluding hydrogens is 388 g/mol. The van der Waals surface area contributed by atoms with Crippen molar-refractivity contribution < 1.29 is 9.53 Å². The number of rotatable bonds is 5. The molecular formula is C19H15ClN2O2S2. The van der Waals surface area contributed by atoms with Crippen molar-refractivity contribution in [3.8, 4) is 21.3 Å². The van der Waals surface area contributed by atoms with Crippen LogP contribution in [0.2, 0.25) is 4.34 Å². The second kappa shape index (κ2) is 7.23. The number of nitrogens with one attached hydrogen (secondary N) is 1. The summed E-state index contributed by atoms with van der Waals surface area (Å²) in [6.45, 7) is 2.16. The zero-order chi connectivity index (χ0) is 18.1. The van der Waals surface area contributed by atoms with Gasteiger partial charge in [0.25, 0.3) is 0 Å². The van der Waals surface area contributed by atoms with Gasteiger partial charge in [-0.15, -0.1) is 22.7 Å². The Kier molecular flexibility index (Phi) is 4.80. The van der Waals surface area contributed by atoms with Crippen molar-refractivity contribution >= 4 is 50.3 Å². The maximum atomic E-state index is 12.0. The fourth-order valence-electron chi connectivity index (χ4n) is 2.75. The number of nitrogens with zero attached hydrogens (tertiary/aromatic N) is 1. The number of imidazole rings is 1. The Morgan fingerprint density at radius 2 is 2.04 bits per heavy atom. The first-order valence-corrected chi connectivity index (χ1v) is 10.1. The molecule has 0 unspecified atom stereocenters. The summed E-state index contributed by atoms with van der Waals surface area (Å²) >= 11 is 9.20. The van der Waals surface area contributed by atoms with Gasteiger partial charge in [-0.05, 0) is 36.6 Å². The molecule has 0 spiro atoms. The van der Waals surface area contributed by atoms with Crippen molar-refractivity contribution in [2.24, 2.45) is 0 Å². The second-order valence-electron chi connectivity index (χ2n) is 5.65. The molecule has 132 valence electrons. The normalized spacial score (nSPS) is 11.2. The summed E-state index contributed by atoms with van der Waals surface area (Å²) in [7, 11) is 0. The minimum Gasteiger partial charge on any atom is -0.466 e. The van der Waals surface area contributed by atoms with E-state index in [0.29, 0.717) is 10.9 Å². The molecule has 3 heterocycles. The third-order valence-corrected chi connectivity index (χ3v) is 6.23. The highest BCUT2D eigenvalue weighted by molar-refractivity contribution is 7.22. The van der Waals surface area contributed by atoms with Crippen LogP contribution in [0.4, 0.5) is 0 Å². The van der Waals surface area contributed by atoms with E-state index in [9.17, 15) is 4.79 Å². The van der Waals surface area contributed by atoms with Crippen LogP contribution in [0.25, 0.3) is 31.4 Å². The molecule has 3 aromatic heterocycles. The molecule has 0 atom stereocenters. The van der Waals surface area contributed by atoms with Crippen molar-refractivity contribution in [3.63, 3.8) is 0 Å². The van der Waals surface area contributed by atoms with Crippen molar-refractivity contribution in [2.45, 2.75) is 13.3 Å². The zero-order valence-electron chi connectivity index (χ0n) is 13.9. The van der Waals surface area contributed by atoms with Crippen LogP contribution >= 0.6 is 34.3 Å². The van der Waals surface area contributed by atoms with Crippen LogP contribution in [-0.2, 0) is 16.0 Å². The summed E-state index contributed by atoms with van der Waals surface area (Å²) in [6.07, 6.45) is 0.149. The number of hydrogen-bond donors (Lipinski definition) is 1. The second-order valence-corrected chi connectivity index (χ2v) is 8.45. The molecule has 4 nitrogen and oxygen atoms in total. The first kappa shape index (κ1) is 17.3. The van der Waals surface area contributed by atoms with Gasteiger partial charge in [0.15, 0.2) is 0 Å². The van der Waals surface area contributed by atoms with Gasteiger partial charge in [0.2, 0.25) is 0 Å². The van der Waals surface area contributed by atoms with Crippen molar-refractivity contribution in [1.29, 1.82) is 0 Å². The highest BCUT2D eigenvalue weighted by Crippen LogP contribution is 2.37. The lowest BCUT2D eigenvalue weighted by molar-refractivity contribution is -0.142. The van der Waals surface area contributed by atoms with E-state index in [-0.39, 0.29) is 12.4 Å². The first-order valence-electron chi connectivity index (χ1n) is 8.13. The first-order chi connectivity index (χ1) is 12.6.